The molecule has 0 bridgehead atoms. The summed E-state index contributed by atoms with van der Waals surface area (Å²) in [5, 5.41) is 28.3. The third-order valence-corrected chi connectivity index (χ3v) is 2.80. The van der Waals surface area contributed by atoms with Gasteiger partial charge in [-0.1, -0.05) is 19.3 Å². The van der Waals surface area contributed by atoms with Gasteiger partial charge in [-0.2, -0.15) is 0 Å². The van der Waals surface area contributed by atoms with Crippen LogP contribution in [0.1, 0.15) is 44.9 Å². The summed E-state index contributed by atoms with van der Waals surface area (Å²) < 4.78 is 9.13. The van der Waals surface area contributed by atoms with Crippen LogP contribution in [0.4, 0.5) is 4.79 Å². The van der Waals surface area contributed by atoms with Crippen molar-refractivity contribution in [3.63, 3.8) is 0 Å². The first-order valence-corrected chi connectivity index (χ1v) is 7.56. The van der Waals surface area contributed by atoms with Gasteiger partial charge in [0.1, 0.15) is 13.2 Å². The van der Waals surface area contributed by atoms with Gasteiger partial charge in [-0.05, 0) is 12.8 Å². The Balaban J connectivity index is 3.34. The zero-order valence-electron chi connectivity index (χ0n) is 13.0. The summed E-state index contributed by atoms with van der Waals surface area (Å²) in [7, 11) is 0. The van der Waals surface area contributed by atoms with Gasteiger partial charge in [-0.15, -0.1) is 0 Å². The number of carbonyl (C=O) groups excluding carboxylic acids is 2. The summed E-state index contributed by atoms with van der Waals surface area (Å²) in [5.74, 6) is -1.56. The third-order valence-electron chi connectivity index (χ3n) is 2.80. The highest BCUT2D eigenvalue weighted by atomic mass is 16.6. The van der Waals surface area contributed by atoms with Crippen molar-refractivity contribution in [1.29, 1.82) is 0 Å². The number of nitrogens with one attached hydrogen (secondary N) is 1. The number of unbranched alkanes of at least 4 members (excludes halogenated alkanes) is 4. The van der Waals surface area contributed by atoms with Crippen LogP contribution in [0, 0.1) is 0 Å². The number of carbonyl (C=O) groups is 3. The Labute approximate surface area is 134 Å². The Morgan fingerprint density at radius 2 is 1.65 bits per heavy atom. The number of amides is 1. The number of hydrogen-bond donors (Lipinski definition) is 4. The number of aliphatic carboxylic acids is 1. The highest BCUT2D eigenvalue weighted by Gasteiger charge is 2.09. The SMILES string of the molecule is O=C(O)CCOC(=O)NCCCCCCCC(=O)OC(O)CO. The molecule has 0 saturated heterocycles. The second kappa shape index (κ2) is 13.8. The van der Waals surface area contributed by atoms with E-state index in [0.717, 1.165) is 25.7 Å². The lowest BCUT2D eigenvalue weighted by Gasteiger charge is -2.08. The van der Waals surface area contributed by atoms with Gasteiger partial charge >= 0.3 is 18.0 Å². The maximum absolute atomic E-state index is 11.2. The van der Waals surface area contributed by atoms with E-state index < -0.39 is 30.9 Å². The lowest BCUT2D eigenvalue weighted by Crippen LogP contribution is -2.26. The molecule has 9 heteroatoms. The number of esters is 1. The molecule has 0 aliphatic carbocycles. The molecule has 0 heterocycles. The maximum Gasteiger partial charge on any atom is 0.407 e. The van der Waals surface area contributed by atoms with E-state index in [4.69, 9.17) is 15.3 Å². The molecule has 0 aliphatic rings. The van der Waals surface area contributed by atoms with Crippen molar-refractivity contribution in [2.45, 2.75) is 51.2 Å². The molecule has 9 nitrogen and oxygen atoms in total. The standard InChI is InChI=1S/C14H25NO8/c16-10-13(20)23-12(19)6-4-2-1-3-5-8-15-14(21)22-9-7-11(17)18/h13,16,20H,1-10H2,(H,15,21)(H,17,18). The quantitative estimate of drug-likeness (QED) is 0.215. The lowest BCUT2D eigenvalue weighted by atomic mass is 10.1. The monoisotopic (exact) mass is 335 g/mol. The highest BCUT2D eigenvalue weighted by molar-refractivity contribution is 5.69. The largest absolute Gasteiger partial charge is 0.481 e. The first kappa shape index (κ1) is 21.1. The molecule has 0 aromatic heterocycles. The molecular formula is C14H25NO8. The van der Waals surface area contributed by atoms with E-state index in [9.17, 15) is 14.4 Å². The number of alkyl carbamates (subject to hydrolysis) is 1. The minimum absolute atomic E-state index is 0.151. The zero-order chi connectivity index (χ0) is 17.5. The van der Waals surface area contributed by atoms with Gasteiger partial charge in [-0.25, -0.2) is 4.79 Å². The average molecular weight is 335 g/mol. The summed E-state index contributed by atoms with van der Waals surface area (Å²) in [5.41, 5.74) is 0. The molecule has 0 fully saturated rings. The number of carboxylic acids is 1. The Hall–Kier alpha value is -1.87. The molecule has 0 aliphatic heterocycles. The number of aliphatic hydroxyl groups is 2. The summed E-state index contributed by atoms with van der Waals surface area (Å²) in [6, 6.07) is 0. The van der Waals surface area contributed by atoms with Crippen molar-refractivity contribution in [3.8, 4) is 0 Å². The minimum Gasteiger partial charge on any atom is -0.481 e. The molecule has 0 spiro atoms. The molecule has 0 rings (SSSR count). The van der Waals surface area contributed by atoms with E-state index in [2.05, 4.69) is 14.8 Å². The van der Waals surface area contributed by atoms with E-state index in [0.29, 0.717) is 13.0 Å². The number of ether oxygens (including phenoxy) is 2. The number of aliphatic hydroxyl groups excluding tert-OH is 2. The van der Waals surface area contributed by atoms with Crippen LogP contribution in [0.5, 0.6) is 0 Å². The minimum atomic E-state index is -1.45. The van der Waals surface area contributed by atoms with E-state index in [1.165, 1.54) is 0 Å². The van der Waals surface area contributed by atoms with Gasteiger partial charge in [0, 0.05) is 13.0 Å². The number of hydrogen-bond acceptors (Lipinski definition) is 7. The maximum atomic E-state index is 11.2. The highest BCUT2D eigenvalue weighted by Crippen LogP contribution is 2.06. The van der Waals surface area contributed by atoms with Gasteiger partial charge in [0.15, 0.2) is 0 Å². The van der Waals surface area contributed by atoms with Crippen molar-refractivity contribution in [3.05, 3.63) is 0 Å². The molecule has 0 radical (unpaired) electrons. The topological polar surface area (TPSA) is 142 Å². The average Bonchev–Trinajstić information content (AvgIpc) is 2.49. The predicted octanol–water partition coefficient (Wildman–Crippen LogP) is 0.382. The lowest BCUT2D eigenvalue weighted by molar-refractivity contribution is -0.173. The van der Waals surface area contributed by atoms with Crippen molar-refractivity contribution >= 4 is 18.0 Å². The first-order chi connectivity index (χ1) is 11.0. The van der Waals surface area contributed by atoms with Crippen molar-refractivity contribution in [2.24, 2.45) is 0 Å². The molecule has 23 heavy (non-hydrogen) atoms. The van der Waals surface area contributed by atoms with Crippen LogP contribution in [0.25, 0.3) is 0 Å². The molecular weight excluding hydrogens is 310 g/mol. The van der Waals surface area contributed by atoms with E-state index in [1.807, 2.05) is 0 Å². The molecule has 1 unspecified atom stereocenters. The van der Waals surface area contributed by atoms with Gasteiger partial charge in [-0.3, -0.25) is 9.59 Å². The Morgan fingerprint density at radius 1 is 1.00 bits per heavy atom. The fourth-order valence-electron chi connectivity index (χ4n) is 1.65. The first-order valence-electron chi connectivity index (χ1n) is 7.56. The Kier molecular flexibility index (Phi) is 12.7. The van der Waals surface area contributed by atoms with Crippen LogP contribution in [0.15, 0.2) is 0 Å². The van der Waals surface area contributed by atoms with Gasteiger partial charge in [0.05, 0.1) is 6.42 Å². The van der Waals surface area contributed by atoms with Crippen LogP contribution in [0.2, 0.25) is 0 Å². The van der Waals surface area contributed by atoms with Gasteiger partial charge in [0.25, 0.3) is 0 Å². The molecule has 0 aromatic carbocycles. The fourth-order valence-corrected chi connectivity index (χ4v) is 1.65. The van der Waals surface area contributed by atoms with Crippen LogP contribution in [-0.4, -0.2) is 59.4 Å². The summed E-state index contributed by atoms with van der Waals surface area (Å²) >= 11 is 0. The summed E-state index contributed by atoms with van der Waals surface area (Å²) in [6.45, 7) is -0.323. The molecule has 0 saturated carbocycles. The van der Waals surface area contributed by atoms with E-state index >= 15 is 0 Å². The summed E-state index contributed by atoms with van der Waals surface area (Å²) in [6.07, 6.45) is 1.82. The third kappa shape index (κ3) is 14.8. The fraction of sp³-hybridized carbons (Fsp3) is 0.786. The van der Waals surface area contributed by atoms with Gasteiger partial charge < -0.3 is 30.1 Å². The Morgan fingerprint density at radius 3 is 2.30 bits per heavy atom. The van der Waals surface area contributed by atoms with Crippen LogP contribution < -0.4 is 5.32 Å². The van der Waals surface area contributed by atoms with Gasteiger partial charge in [0.2, 0.25) is 6.29 Å². The zero-order valence-corrected chi connectivity index (χ0v) is 13.0. The number of carboxylic acid groups (broad SMARTS) is 1. The molecule has 4 N–H and O–H groups in total. The summed E-state index contributed by atoms with van der Waals surface area (Å²) in [4.78, 5) is 32.5. The predicted molar refractivity (Wildman–Crippen MR) is 78.5 cm³/mol. The van der Waals surface area contributed by atoms with Crippen molar-refractivity contribution in [2.75, 3.05) is 19.8 Å². The van der Waals surface area contributed by atoms with E-state index in [1.54, 1.807) is 0 Å². The molecule has 0 aromatic rings. The normalized spacial score (nSPS) is 11.6. The van der Waals surface area contributed by atoms with Crippen LogP contribution >= 0.6 is 0 Å². The van der Waals surface area contributed by atoms with Crippen LogP contribution in [0.3, 0.4) is 0 Å². The number of rotatable bonds is 13. The molecule has 1 atom stereocenters. The van der Waals surface area contributed by atoms with E-state index in [-0.39, 0.29) is 19.4 Å². The van der Waals surface area contributed by atoms with Crippen molar-refractivity contribution in [1.82, 2.24) is 5.32 Å². The van der Waals surface area contributed by atoms with Crippen molar-refractivity contribution < 1.29 is 39.2 Å². The second-order valence-corrected chi connectivity index (χ2v) is 4.85. The second-order valence-electron chi connectivity index (χ2n) is 4.85. The smallest absolute Gasteiger partial charge is 0.407 e. The van der Waals surface area contributed by atoms with Crippen LogP contribution in [-0.2, 0) is 19.1 Å². The molecule has 134 valence electrons. The molecule has 1 amide bonds. The Bertz CT molecular complexity index is 361.